The Morgan fingerprint density at radius 3 is 2.60 bits per heavy atom. The minimum Gasteiger partial charge on any atom is -0.497 e. The lowest BCUT2D eigenvalue weighted by molar-refractivity contribution is 0.0588. The molecule has 0 bridgehead atoms. The molecule has 0 amide bonds. The Labute approximate surface area is 143 Å². The number of methoxy groups -OCH3 is 2. The highest BCUT2D eigenvalue weighted by Crippen LogP contribution is 2.24. The predicted octanol–water partition coefficient (Wildman–Crippen LogP) is 2.13. The number of aromatic amines is 1. The number of aromatic nitrogens is 2. The molecular weight excluding hydrogens is 348 g/mol. The van der Waals surface area contributed by atoms with E-state index >= 15 is 0 Å². The van der Waals surface area contributed by atoms with Crippen LogP contribution in [0.2, 0.25) is 0 Å². The van der Waals surface area contributed by atoms with Crippen LogP contribution in [0.5, 0.6) is 11.5 Å². The number of benzene rings is 2. The molecular formula is C16H14N2O6S. The molecule has 1 N–H and O–H groups in total. The largest absolute Gasteiger partial charge is 0.497 e. The van der Waals surface area contributed by atoms with Crippen molar-refractivity contribution in [2.24, 2.45) is 0 Å². The van der Waals surface area contributed by atoms with Crippen molar-refractivity contribution in [3.05, 3.63) is 48.3 Å². The second-order valence-electron chi connectivity index (χ2n) is 4.97. The molecule has 0 radical (unpaired) electrons. The van der Waals surface area contributed by atoms with Crippen LogP contribution in [0.4, 0.5) is 0 Å². The number of carbonyl (C=O) groups excluding carboxylic acids is 1. The quantitative estimate of drug-likeness (QED) is 0.547. The molecule has 0 aliphatic rings. The summed E-state index contributed by atoms with van der Waals surface area (Å²) in [6.07, 6.45) is 0. The number of imidazole rings is 1. The third kappa shape index (κ3) is 3.41. The highest BCUT2D eigenvalue weighted by atomic mass is 32.2. The van der Waals surface area contributed by atoms with Crippen molar-refractivity contribution in [3.8, 4) is 11.5 Å². The number of rotatable bonds is 5. The van der Waals surface area contributed by atoms with Crippen molar-refractivity contribution < 1.29 is 26.9 Å². The minimum absolute atomic E-state index is 0.0188. The first kappa shape index (κ1) is 16.8. The van der Waals surface area contributed by atoms with Crippen molar-refractivity contribution in [2.45, 2.75) is 4.90 Å². The molecule has 1 aromatic heterocycles. The van der Waals surface area contributed by atoms with Crippen molar-refractivity contribution in [3.63, 3.8) is 0 Å². The summed E-state index contributed by atoms with van der Waals surface area (Å²) in [4.78, 5) is 18.3. The van der Waals surface area contributed by atoms with Gasteiger partial charge in [0.25, 0.3) is 0 Å². The van der Waals surface area contributed by atoms with Crippen LogP contribution in [0.3, 0.4) is 0 Å². The molecule has 0 spiro atoms. The van der Waals surface area contributed by atoms with Gasteiger partial charge in [0.2, 0.25) is 5.82 Å². The van der Waals surface area contributed by atoms with Gasteiger partial charge in [-0.1, -0.05) is 6.07 Å². The van der Waals surface area contributed by atoms with Crippen molar-refractivity contribution >= 4 is 27.1 Å². The first-order chi connectivity index (χ1) is 11.9. The van der Waals surface area contributed by atoms with Gasteiger partial charge >= 0.3 is 16.1 Å². The fourth-order valence-electron chi connectivity index (χ4n) is 2.17. The van der Waals surface area contributed by atoms with Crippen molar-refractivity contribution in [2.75, 3.05) is 14.2 Å². The van der Waals surface area contributed by atoms with Gasteiger partial charge < -0.3 is 18.6 Å². The fraction of sp³-hybridized carbons (Fsp3) is 0.125. The lowest BCUT2D eigenvalue weighted by Crippen LogP contribution is -2.09. The van der Waals surface area contributed by atoms with E-state index in [0.29, 0.717) is 16.8 Å². The van der Waals surface area contributed by atoms with E-state index in [0.717, 1.165) is 0 Å². The van der Waals surface area contributed by atoms with Gasteiger partial charge in [-0.15, -0.1) is 0 Å². The Morgan fingerprint density at radius 2 is 1.88 bits per heavy atom. The Balaban J connectivity index is 1.92. The third-order valence-electron chi connectivity index (χ3n) is 3.37. The zero-order valence-electron chi connectivity index (χ0n) is 13.3. The van der Waals surface area contributed by atoms with E-state index in [9.17, 15) is 13.2 Å². The molecule has 9 heteroatoms. The second kappa shape index (κ2) is 6.44. The van der Waals surface area contributed by atoms with Gasteiger partial charge in [-0.2, -0.15) is 8.42 Å². The van der Waals surface area contributed by atoms with E-state index in [4.69, 9.17) is 8.92 Å². The predicted molar refractivity (Wildman–Crippen MR) is 88.2 cm³/mol. The lowest BCUT2D eigenvalue weighted by atomic mass is 10.3. The summed E-state index contributed by atoms with van der Waals surface area (Å²) in [5.41, 5.74) is 0.922. The average Bonchev–Trinajstić information content (AvgIpc) is 3.04. The lowest BCUT2D eigenvalue weighted by Gasteiger charge is -2.08. The molecule has 25 heavy (non-hydrogen) atoms. The van der Waals surface area contributed by atoms with Crippen LogP contribution in [0.1, 0.15) is 10.6 Å². The molecule has 1 heterocycles. The molecule has 0 saturated carbocycles. The van der Waals surface area contributed by atoms with E-state index in [1.165, 1.54) is 44.6 Å². The maximum absolute atomic E-state index is 12.4. The minimum atomic E-state index is -4.03. The Morgan fingerprint density at radius 1 is 1.08 bits per heavy atom. The van der Waals surface area contributed by atoms with Gasteiger partial charge in [-0.3, -0.25) is 0 Å². The molecule has 0 atom stereocenters. The highest BCUT2D eigenvalue weighted by Gasteiger charge is 2.18. The van der Waals surface area contributed by atoms with Gasteiger partial charge in [0.1, 0.15) is 16.4 Å². The number of fused-ring (bicyclic) bond motifs is 1. The normalized spacial score (nSPS) is 11.3. The number of carbonyl (C=O) groups is 1. The number of ether oxygens (including phenoxy) is 2. The summed E-state index contributed by atoms with van der Waals surface area (Å²) in [6, 6.07) is 10.4. The summed E-state index contributed by atoms with van der Waals surface area (Å²) in [5.74, 6) is -0.125. The molecule has 0 unspecified atom stereocenters. The fourth-order valence-corrected chi connectivity index (χ4v) is 3.12. The molecule has 2 aromatic carbocycles. The Bertz CT molecular complexity index is 1040. The highest BCUT2D eigenvalue weighted by molar-refractivity contribution is 7.87. The second-order valence-corrected chi connectivity index (χ2v) is 6.52. The number of nitrogens with one attached hydrogen (secondary N) is 1. The number of esters is 1. The first-order valence-electron chi connectivity index (χ1n) is 7.09. The zero-order valence-corrected chi connectivity index (χ0v) is 14.2. The number of nitrogens with zero attached hydrogens (tertiary/aromatic N) is 1. The van der Waals surface area contributed by atoms with Gasteiger partial charge in [0.05, 0.1) is 25.3 Å². The standard InChI is InChI=1S/C16H14N2O6S/c1-22-10-4-3-5-12(8-10)25(20,21)24-11-6-7-13-14(9-11)18-15(17-13)16(19)23-2/h3-9H,1-2H3,(H,17,18). The van der Waals surface area contributed by atoms with Crippen LogP contribution in [0.25, 0.3) is 11.0 Å². The van der Waals surface area contributed by atoms with E-state index in [-0.39, 0.29) is 16.5 Å². The summed E-state index contributed by atoms with van der Waals surface area (Å²) in [6.45, 7) is 0. The van der Waals surface area contributed by atoms with Crippen molar-refractivity contribution in [1.82, 2.24) is 9.97 Å². The summed E-state index contributed by atoms with van der Waals surface area (Å²) >= 11 is 0. The number of hydrogen-bond acceptors (Lipinski definition) is 7. The van der Waals surface area contributed by atoms with Gasteiger partial charge in [0.15, 0.2) is 0 Å². The average molecular weight is 362 g/mol. The molecule has 0 fully saturated rings. The number of H-pyrrole nitrogens is 1. The summed E-state index contributed by atoms with van der Waals surface area (Å²) in [5, 5.41) is 0. The van der Waals surface area contributed by atoms with Gasteiger partial charge in [-0.25, -0.2) is 9.78 Å². The van der Waals surface area contributed by atoms with Crippen LogP contribution in [0.15, 0.2) is 47.4 Å². The summed E-state index contributed by atoms with van der Waals surface area (Å²) in [7, 11) is -1.35. The van der Waals surface area contributed by atoms with Crippen molar-refractivity contribution in [1.29, 1.82) is 0 Å². The van der Waals surface area contributed by atoms with Gasteiger partial charge in [0, 0.05) is 12.1 Å². The van der Waals surface area contributed by atoms with E-state index in [1.54, 1.807) is 12.1 Å². The molecule has 0 aliphatic heterocycles. The Hall–Kier alpha value is -3.07. The molecule has 0 aliphatic carbocycles. The SMILES string of the molecule is COC(=O)c1nc2ccc(OS(=O)(=O)c3cccc(OC)c3)cc2[nH]1. The molecule has 8 nitrogen and oxygen atoms in total. The third-order valence-corrected chi connectivity index (χ3v) is 4.61. The molecule has 0 saturated heterocycles. The topological polar surface area (TPSA) is 108 Å². The van der Waals surface area contributed by atoms with Crippen LogP contribution in [-0.4, -0.2) is 38.6 Å². The number of hydrogen-bond donors (Lipinski definition) is 1. The first-order valence-corrected chi connectivity index (χ1v) is 8.50. The summed E-state index contributed by atoms with van der Waals surface area (Å²) < 4.78 is 39.5. The molecule has 130 valence electrons. The molecule has 3 rings (SSSR count). The smallest absolute Gasteiger partial charge is 0.374 e. The van der Waals surface area contributed by atoms with Crippen LogP contribution in [-0.2, 0) is 14.9 Å². The Kier molecular flexibility index (Phi) is 4.32. The maximum Gasteiger partial charge on any atom is 0.374 e. The van der Waals surface area contributed by atoms with Gasteiger partial charge in [-0.05, 0) is 24.3 Å². The maximum atomic E-state index is 12.4. The van der Waals surface area contributed by atoms with E-state index in [2.05, 4.69) is 14.7 Å². The monoisotopic (exact) mass is 362 g/mol. The molecule has 3 aromatic rings. The van der Waals surface area contributed by atoms with E-state index in [1.807, 2.05) is 0 Å². The van der Waals surface area contributed by atoms with Crippen LogP contribution in [0, 0.1) is 0 Å². The zero-order chi connectivity index (χ0) is 18.0. The van der Waals surface area contributed by atoms with E-state index < -0.39 is 16.1 Å². The van der Waals surface area contributed by atoms with Crippen LogP contribution < -0.4 is 8.92 Å². The van der Waals surface area contributed by atoms with Crippen LogP contribution >= 0.6 is 0 Å².